The summed E-state index contributed by atoms with van der Waals surface area (Å²) in [4.78, 5) is 26.0. The van der Waals surface area contributed by atoms with E-state index >= 15 is 0 Å². The van der Waals surface area contributed by atoms with Gasteiger partial charge in [-0.05, 0) is 36.8 Å². The molecule has 0 aromatic heterocycles. The number of ether oxygens (including phenoxy) is 1. The Morgan fingerprint density at radius 3 is 2.71 bits per heavy atom. The number of esters is 1. The minimum Gasteiger partial charge on any atom is -0.461 e. The Bertz CT molecular complexity index is 757. The molecule has 5 heteroatoms. The van der Waals surface area contributed by atoms with Crippen molar-refractivity contribution in [3.8, 4) is 0 Å². The zero-order chi connectivity index (χ0) is 17.1. The molecule has 0 radical (unpaired) electrons. The number of halogens is 1. The normalized spacial score (nSPS) is 17.2. The SMILES string of the molecule is Cc1ccc(N2CC(C(=O)OCc3cccc(F)c3)CC2=O)cc1. The number of benzene rings is 2. The smallest absolute Gasteiger partial charge is 0.311 e. The molecule has 1 aliphatic rings. The number of carbonyl (C=O) groups is 2. The van der Waals surface area contributed by atoms with Crippen LogP contribution in [0.15, 0.2) is 48.5 Å². The Morgan fingerprint density at radius 2 is 2.00 bits per heavy atom. The first-order valence-electron chi connectivity index (χ1n) is 7.81. The van der Waals surface area contributed by atoms with Gasteiger partial charge in [0.05, 0.1) is 5.92 Å². The summed E-state index contributed by atoms with van der Waals surface area (Å²) >= 11 is 0. The van der Waals surface area contributed by atoms with Crippen LogP contribution in [0, 0.1) is 18.7 Å². The summed E-state index contributed by atoms with van der Waals surface area (Å²) in [6.07, 6.45) is 0.135. The average Bonchev–Trinajstić information content (AvgIpc) is 2.95. The molecule has 3 rings (SSSR count). The van der Waals surface area contributed by atoms with E-state index in [2.05, 4.69) is 0 Å². The number of anilines is 1. The van der Waals surface area contributed by atoms with Crippen LogP contribution < -0.4 is 4.90 Å². The Morgan fingerprint density at radius 1 is 1.25 bits per heavy atom. The Labute approximate surface area is 139 Å². The van der Waals surface area contributed by atoms with Crippen molar-refractivity contribution in [1.82, 2.24) is 0 Å². The topological polar surface area (TPSA) is 46.6 Å². The summed E-state index contributed by atoms with van der Waals surface area (Å²) in [5.41, 5.74) is 2.48. The van der Waals surface area contributed by atoms with Crippen molar-refractivity contribution < 1.29 is 18.7 Å². The van der Waals surface area contributed by atoms with E-state index in [0.717, 1.165) is 11.3 Å². The lowest BCUT2D eigenvalue weighted by molar-refractivity contribution is -0.149. The summed E-state index contributed by atoms with van der Waals surface area (Å²) in [5, 5.41) is 0. The molecule has 1 heterocycles. The number of hydrogen-bond acceptors (Lipinski definition) is 3. The van der Waals surface area contributed by atoms with Crippen LogP contribution in [-0.4, -0.2) is 18.4 Å². The predicted molar refractivity (Wildman–Crippen MR) is 87.8 cm³/mol. The number of carbonyl (C=O) groups excluding carboxylic acids is 2. The number of amides is 1. The highest BCUT2D eigenvalue weighted by Crippen LogP contribution is 2.26. The van der Waals surface area contributed by atoms with Gasteiger partial charge in [0.15, 0.2) is 0 Å². The van der Waals surface area contributed by atoms with E-state index in [1.807, 2.05) is 31.2 Å². The van der Waals surface area contributed by atoms with Crippen LogP contribution >= 0.6 is 0 Å². The molecule has 1 unspecified atom stereocenters. The fraction of sp³-hybridized carbons (Fsp3) is 0.263. The van der Waals surface area contributed by atoms with E-state index in [1.54, 1.807) is 17.0 Å². The van der Waals surface area contributed by atoms with Gasteiger partial charge in [-0.15, -0.1) is 0 Å². The molecule has 1 saturated heterocycles. The Hall–Kier alpha value is -2.69. The summed E-state index contributed by atoms with van der Waals surface area (Å²) in [7, 11) is 0. The standard InChI is InChI=1S/C19H18FNO3/c1-13-5-7-17(8-6-13)21-11-15(10-18(21)22)19(23)24-12-14-3-2-4-16(20)9-14/h2-9,15H,10-12H2,1H3. The number of rotatable bonds is 4. The van der Waals surface area contributed by atoms with E-state index in [4.69, 9.17) is 4.74 Å². The molecular formula is C19H18FNO3. The van der Waals surface area contributed by atoms with Gasteiger partial charge in [-0.2, -0.15) is 0 Å². The molecular weight excluding hydrogens is 309 g/mol. The molecule has 24 heavy (non-hydrogen) atoms. The van der Waals surface area contributed by atoms with Crippen molar-refractivity contribution in [3.05, 3.63) is 65.5 Å². The van der Waals surface area contributed by atoms with E-state index in [0.29, 0.717) is 12.1 Å². The zero-order valence-electron chi connectivity index (χ0n) is 13.4. The van der Waals surface area contributed by atoms with E-state index in [1.165, 1.54) is 12.1 Å². The third-order valence-electron chi connectivity index (χ3n) is 4.07. The van der Waals surface area contributed by atoms with Crippen molar-refractivity contribution in [2.45, 2.75) is 20.0 Å². The maximum atomic E-state index is 13.1. The number of aryl methyl sites for hydroxylation is 1. The zero-order valence-corrected chi connectivity index (χ0v) is 13.4. The van der Waals surface area contributed by atoms with Gasteiger partial charge in [0.1, 0.15) is 12.4 Å². The molecule has 0 saturated carbocycles. The van der Waals surface area contributed by atoms with Crippen LogP contribution in [0.5, 0.6) is 0 Å². The minimum atomic E-state index is -0.493. The maximum absolute atomic E-state index is 13.1. The molecule has 0 bridgehead atoms. The molecule has 1 fully saturated rings. The van der Waals surface area contributed by atoms with Gasteiger partial charge in [0.2, 0.25) is 5.91 Å². The van der Waals surface area contributed by atoms with Crippen LogP contribution in [0.4, 0.5) is 10.1 Å². The second kappa shape index (κ2) is 6.83. The second-order valence-corrected chi connectivity index (χ2v) is 5.98. The van der Waals surface area contributed by atoms with Crippen molar-refractivity contribution in [3.63, 3.8) is 0 Å². The van der Waals surface area contributed by atoms with Gasteiger partial charge in [0, 0.05) is 18.7 Å². The molecule has 0 N–H and O–H groups in total. The second-order valence-electron chi connectivity index (χ2n) is 5.98. The number of nitrogens with zero attached hydrogens (tertiary/aromatic N) is 1. The molecule has 2 aromatic rings. The fourth-order valence-electron chi connectivity index (χ4n) is 2.74. The van der Waals surface area contributed by atoms with Gasteiger partial charge in [-0.25, -0.2) is 4.39 Å². The predicted octanol–water partition coefficient (Wildman–Crippen LogP) is 3.23. The minimum absolute atomic E-state index is 0.00577. The van der Waals surface area contributed by atoms with Gasteiger partial charge < -0.3 is 9.64 Å². The molecule has 0 aliphatic carbocycles. The molecule has 124 valence electrons. The monoisotopic (exact) mass is 327 g/mol. The fourth-order valence-corrected chi connectivity index (χ4v) is 2.74. The largest absolute Gasteiger partial charge is 0.461 e. The van der Waals surface area contributed by atoms with Crippen LogP contribution in [0.3, 0.4) is 0 Å². The first-order valence-corrected chi connectivity index (χ1v) is 7.81. The van der Waals surface area contributed by atoms with Crippen LogP contribution in [0.2, 0.25) is 0 Å². The quantitative estimate of drug-likeness (QED) is 0.810. The lowest BCUT2D eigenvalue weighted by atomic mass is 10.1. The lowest BCUT2D eigenvalue weighted by Gasteiger charge is -2.16. The molecule has 1 aliphatic heterocycles. The summed E-state index contributed by atoms with van der Waals surface area (Å²) in [6, 6.07) is 13.5. The molecule has 0 spiro atoms. The summed E-state index contributed by atoms with van der Waals surface area (Å²) in [5.74, 6) is -1.38. The van der Waals surface area contributed by atoms with Gasteiger partial charge in [0.25, 0.3) is 0 Å². The van der Waals surface area contributed by atoms with Crippen molar-refractivity contribution in [1.29, 1.82) is 0 Å². The Kier molecular flexibility index (Phi) is 4.60. The molecule has 1 amide bonds. The van der Waals surface area contributed by atoms with Crippen molar-refractivity contribution in [2.75, 3.05) is 11.4 Å². The molecule has 1 atom stereocenters. The van der Waals surface area contributed by atoms with Gasteiger partial charge in [-0.3, -0.25) is 9.59 Å². The maximum Gasteiger partial charge on any atom is 0.311 e. The highest BCUT2D eigenvalue weighted by atomic mass is 19.1. The number of hydrogen-bond donors (Lipinski definition) is 0. The molecule has 4 nitrogen and oxygen atoms in total. The highest BCUT2D eigenvalue weighted by molar-refractivity contribution is 5.99. The van der Waals surface area contributed by atoms with Crippen LogP contribution in [0.1, 0.15) is 17.5 Å². The summed E-state index contributed by atoms with van der Waals surface area (Å²) < 4.78 is 18.4. The third kappa shape index (κ3) is 3.62. The van der Waals surface area contributed by atoms with Crippen molar-refractivity contribution >= 4 is 17.6 Å². The van der Waals surface area contributed by atoms with Gasteiger partial charge >= 0.3 is 5.97 Å². The average molecular weight is 327 g/mol. The highest BCUT2D eigenvalue weighted by Gasteiger charge is 2.36. The van der Waals surface area contributed by atoms with E-state index < -0.39 is 11.9 Å². The molecule has 2 aromatic carbocycles. The van der Waals surface area contributed by atoms with Crippen LogP contribution in [0.25, 0.3) is 0 Å². The first kappa shape index (κ1) is 16.2. The van der Waals surface area contributed by atoms with E-state index in [-0.39, 0.29) is 24.8 Å². The van der Waals surface area contributed by atoms with Crippen LogP contribution in [-0.2, 0) is 20.9 Å². The lowest BCUT2D eigenvalue weighted by Crippen LogP contribution is -2.26. The Balaban J connectivity index is 1.60. The first-order chi connectivity index (χ1) is 11.5. The van der Waals surface area contributed by atoms with Gasteiger partial charge in [-0.1, -0.05) is 29.8 Å². The third-order valence-corrected chi connectivity index (χ3v) is 4.07. The van der Waals surface area contributed by atoms with Crippen molar-refractivity contribution in [2.24, 2.45) is 5.92 Å². The summed E-state index contributed by atoms with van der Waals surface area (Å²) in [6.45, 7) is 2.29. The van der Waals surface area contributed by atoms with E-state index in [9.17, 15) is 14.0 Å².